The molecule has 0 aliphatic carbocycles. The molecule has 4 rings (SSSR count). The van der Waals surface area contributed by atoms with Gasteiger partial charge in [-0.1, -0.05) is 19.1 Å². The molecular formula is C21H23N3O3S. The molecule has 1 saturated heterocycles. The van der Waals surface area contributed by atoms with Gasteiger partial charge in [0.1, 0.15) is 6.33 Å². The number of aromatic nitrogens is 2. The van der Waals surface area contributed by atoms with Crippen LogP contribution in [0.5, 0.6) is 0 Å². The molecule has 1 aliphatic rings. The molecule has 0 spiro atoms. The van der Waals surface area contributed by atoms with E-state index in [0.717, 1.165) is 22.3 Å². The summed E-state index contributed by atoms with van der Waals surface area (Å²) < 4.78 is 25.9. The molecule has 1 aromatic heterocycles. The summed E-state index contributed by atoms with van der Waals surface area (Å²) in [5.74, 6) is -0.0547. The zero-order valence-electron chi connectivity index (χ0n) is 16.0. The zero-order valence-corrected chi connectivity index (χ0v) is 16.8. The van der Waals surface area contributed by atoms with Crippen LogP contribution in [0.3, 0.4) is 0 Å². The third kappa shape index (κ3) is 3.67. The number of fused-ring (bicyclic) bond motifs is 1. The summed E-state index contributed by atoms with van der Waals surface area (Å²) >= 11 is 0. The van der Waals surface area contributed by atoms with Gasteiger partial charge in [-0.25, -0.2) is 13.4 Å². The Hall–Kier alpha value is -2.67. The van der Waals surface area contributed by atoms with E-state index in [4.69, 9.17) is 0 Å². The number of rotatable bonds is 2. The summed E-state index contributed by atoms with van der Waals surface area (Å²) in [5.41, 5.74) is 4.38. The number of sulfone groups is 1. The number of hydrogen-bond acceptors (Lipinski definition) is 4. The summed E-state index contributed by atoms with van der Waals surface area (Å²) in [6.45, 7) is 4.60. The Morgan fingerprint density at radius 1 is 1.18 bits per heavy atom. The predicted molar refractivity (Wildman–Crippen MR) is 110 cm³/mol. The van der Waals surface area contributed by atoms with Gasteiger partial charge < -0.3 is 4.90 Å². The van der Waals surface area contributed by atoms with Crippen LogP contribution in [0.1, 0.15) is 22.8 Å². The van der Waals surface area contributed by atoms with E-state index in [1.54, 1.807) is 23.4 Å². The second-order valence-electron chi connectivity index (χ2n) is 7.63. The van der Waals surface area contributed by atoms with Gasteiger partial charge in [0.05, 0.1) is 22.5 Å². The molecule has 2 heterocycles. The summed E-state index contributed by atoms with van der Waals surface area (Å²) in [6, 6.07) is 13.6. The summed E-state index contributed by atoms with van der Waals surface area (Å²) in [5, 5.41) is 0. The Morgan fingerprint density at radius 2 is 2.00 bits per heavy atom. The normalized spacial score (nSPS) is 19.5. The minimum Gasteiger partial charge on any atom is -0.337 e. The van der Waals surface area contributed by atoms with Crippen LogP contribution in [-0.2, 0) is 9.84 Å². The minimum absolute atomic E-state index is 0.0211. The second-order valence-corrected chi connectivity index (χ2v) is 9.86. The number of carbonyl (C=O) groups is 1. The van der Waals surface area contributed by atoms with E-state index in [1.807, 2.05) is 42.7 Å². The molecule has 6 nitrogen and oxygen atoms in total. The lowest BCUT2D eigenvalue weighted by molar-refractivity contribution is 0.0751. The molecule has 1 fully saturated rings. The summed E-state index contributed by atoms with van der Waals surface area (Å²) in [6.07, 6.45) is 1.76. The fourth-order valence-corrected chi connectivity index (χ4v) is 5.42. The summed E-state index contributed by atoms with van der Waals surface area (Å²) in [4.78, 5) is 19.1. The van der Waals surface area contributed by atoms with E-state index in [0.29, 0.717) is 12.1 Å². The Bertz CT molecular complexity index is 1150. The maximum absolute atomic E-state index is 13.0. The Balaban J connectivity index is 1.64. The molecule has 3 aromatic rings. The van der Waals surface area contributed by atoms with Gasteiger partial charge in [0.2, 0.25) is 0 Å². The fourth-order valence-electron chi connectivity index (χ4n) is 3.78. The molecule has 7 heteroatoms. The van der Waals surface area contributed by atoms with Crippen molar-refractivity contribution in [2.24, 2.45) is 5.92 Å². The Morgan fingerprint density at radius 3 is 2.79 bits per heavy atom. The van der Waals surface area contributed by atoms with Crippen molar-refractivity contribution in [3.8, 4) is 5.69 Å². The quantitative estimate of drug-likeness (QED) is 0.667. The molecule has 0 radical (unpaired) electrons. The highest BCUT2D eigenvalue weighted by Crippen LogP contribution is 2.22. The smallest absolute Gasteiger partial charge is 0.253 e. The van der Waals surface area contributed by atoms with Crippen molar-refractivity contribution in [3.05, 3.63) is 59.9 Å². The fraction of sp³-hybridized carbons (Fsp3) is 0.333. The topological polar surface area (TPSA) is 72.3 Å². The molecule has 2 aromatic carbocycles. The van der Waals surface area contributed by atoms with E-state index in [9.17, 15) is 13.2 Å². The van der Waals surface area contributed by atoms with Crippen LogP contribution in [0.15, 0.2) is 48.8 Å². The van der Waals surface area contributed by atoms with Crippen LogP contribution < -0.4 is 0 Å². The third-order valence-electron chi connectivity index (χ3n) is 5.10. The molecule has 28 heavy (non-hydrogen) atoms. The lowest BCUT2D eigenvalue weighted by Crippen LogP contribution is -2.35. The van der Waals surface area contributed by atoms with E-state index in [-0.39, 0.29) is 29.9 Å². The average molecular weight is 398 g/mol. The molecule has 0 N–H and O–H groups in total. The monoisotopic (exact) mass is 397 g/mol. The third-order valence-corrected chi connectivity index (χ3v) is 6.99. The maximum atomic E-state index is 13.0. The highest BCUT2D eigenvalue weighted by molar-refractivity contribution is 7.91. The maximum Gasteiger partial charge on any atom is 0.253 e. The highest BCUT2D eigenvalue weighted by atomic mass is 32.2. The van der Waals surface area contributed by atoms with E-state index < -0.39 is 9.84 Å². The first-order valence-electron chi connectivity index (χ1n) is 9.36. The summed E-state index contributed by atoms with van der Waals surface area (Å²) in [7, 11) is -3.09. The Labute approximate surface area is 164 Å². The lowest BCUT2D eigenvalue weighted by Gasteiger charge is -2.22. The number of hydrogen-bond donors (Lipinski definition) is 0. The zero-order chi connectivity index (χ0) is 19.9. The molecule has 0 saturated carbocycles. The van der Waals surface area contributed by atoms with Gasteiger partial charge in [0.25, 0.3) is 5.91 Å². The van der Waals surface area contributed by atoms with Crippen molar-refractivity contribution in [1.82, 2.24) is 14.5 Å². The molecule has 0 bridgehead atoms. The molecule has 146 valence electrons. The first kappa shape index (κ1) is 18.7. The van der Waals surface area contributed by atoms with Gasteiger partial charge in [-0.3, -0.25) is 9.36 Å². The Kier molecular flexibility index (Phi) is 4.71. The standard InChI is InChI=1S/C21H23N3O3S/c1-15-4-3-5-18(10-15)24-14-22-19-11-17(6-7-20(19)24)21(25)23-8-9-28(26,27)13-16(2)12-23/h3-7,10-11,14,16H,8-9,12-13H2,1-2H3. The van der Waals surface area contributed by atoms with Crippen molar-refractivity contribution in [2.75, 3.05) is 24.6 Å². The van der Waals surface area contributed by atoms with E-state index >= 15 is 0 Å². The lowest BCUT2D eigenvalue weighted by atomic mass is 10.1. The molecular weight excluding hydrogens is 374 g/mol. The SMILES string of the molecule is Cc1cccc(-n2cnc3cc(C(=O)N4CCS(=O)(=O)CC(C)C4)ccc32)c1. The van der Waals surface area contributed by atoms with Gasteiger partial charge >= 0.3 is 0 Å². The first-order valence-corrected chi connectivity index (χ1v) is 11.2. The van der Waals surface area contributed by atoms with Crippen molar-refractivity contribution >= 4 is 26.8 Å². The van der Waals surface area contributed by atoms with Crippen molar-refractivity contribution in [3.63, 3.8) is 0 Å². The average Bonchev–Trinajstić information content (AvgIpc) is 3.01. The number of amides is 1. The highest BCUT2D eigenvalue weighted by Gasteiger charge is 2.27. The molecule has 1 unspecified atom stereocenters. The minimum atomic E-state index is -3.09. The van der Waals surface area contributed by atoms with Crippen LogP contribution in [0.4, 0.5) is 0 Å². The van der Waals surface area contributed by atoms with Gasteiger partial charge in [0, 0.05) is 24.3 Å². The molecule has 1 atom stereocenters. The van der Waals surface area contributed by atoms with Crippen LogP contribution in [0, 0.1) is 12.8 Å². The number of imidazole rings is 1. The van der Waals surface area contributed by atoms with Gasteiger partial charge in [-0.2, -0.15) is 0 Å². The van der Waals surface area contributed by atoms with Crippen molar-refractivity contribution in [1.29, 1.82) is 0 Å². The van der Waals surface area contributed by atoms with Crippen LogP contribution in [0.25, 0.3) is 16.7 Å². The first-order chi connectivity index (χ1) is 13.3. The molecule has 1 aliphatic heterocycles. The van der Waals surface area contributed by atoms with Crippen molar-refractivity contribution in [2.45, 2.75) is 13.8 Å². The van der Waals surface area contributed by atoms with Crippen LogP contribution in [0.2, 0.25) is 0 Å². The van der Waals surface area contributed by atoms with Crippen molar-refractivity contribution < 1.29 is 13.2 Å². The van der Waals surface area contributed by atoms with Gasteiger partial charge in [0.15, 0.2) is 9.84 Å². The number of nitrogens with zero attached hydrogens (tertiary/aromatic N) is 3. The van der Waals surface area contributed by atoms with E-state index in [1.165, 1.54) is 0 Å². The number of carbonyl (C=O) groups excluding carboxylic acids is 1. The van der Waals surface area contributed by atoms with Gasteiger partial charge in [-0.05, 0) is 48.7 Å². The van der Waals surface area contributed by atoms with Crippen LogP contribution in [-0.4, -0.2) is 53.4 Å². The second kappa shape index (κ2) is 7.05. The predicted octanol–water partition coefficient (Wildman–Crippen LogP) is 2.84. The largest absolute Gasteiger partial charge is 0.337 e. The van der Waals surface area contributed by atoms with E-state index in [2.05, 4.69) is 11.1 Å². The number of benzene rings is 2. The number of aryl methyl sites for hydroxylation is 1. The van der Waals surface area contributed by atoms with Crippen LogP contribution >= 0.6 is 0 Å². The molecule has 1 amide bonds. The van der Waals surface area contributed by atoms with Gasteiger partial charge in [-0.15, -0.1) is 0 Å².